The van der Waals surface area contributed by atoms with E-state index in [1.54, 1.807) is 6.08 Å². The predicted octanol–water partition coefficient (Wildman–Crippen LogP) is 13.0. The molecule has 65 heavy (non-hydrogen) atoms. The minimum absolute atomic E-state index is 0.200. The number of unbranched alkanes of at least 4 members (excludes halogenated alkanes) is 30. The van der Waals surface area contributed by atoms with E-state index in [-0.39, 0.29) is 12.5 Å². The molecule has 0 aromatic heterocycles. The molecule has 1 saturated heterocycles. The van der Waals surface area contributed by atoms with E-state index in [1.165, 1.54) is 161 Å². The minimum Gasteiger partial charge on any atom is -0.394 e. The fourth-order valence-electron chi connectivity index (χ4n) is 8.48. The Labute approximate surface area is 399 Å². The number of rotatable bonds is 46. The number of hydrogen-bond donors (Lipinski definition) is 6. The van der Waals surface area contributed by atoms with Crippen LogP contribution in [0, 0.1) is 0 Å². The van der Waals surface area contributed by atoms with E-state index in [4.69, 9.17) is 9.47 Å². The van der Waals surface area contributed by atoms with Gasteiger partial charge in [-0.15, -0.1) is 0 Å². The molecule has 1 amide bonds. The van der Waals surface area contributed by atoms with Gasteiger partial charge in [0.05, 0.1) is 25.4 Å². The van der Waals surface area contributed by atoms with Gasteiger partial charge < -0.3 is 40.3 Å². The van der Waals surface area contributed by atoms with Crippen molar-refractivity contribution < 1.29 is 39.8 Å². The maximum Gasteiger partial charge on any atom is 0.220 e. The second kappa shape index (κ2) is 45.9. The van der Waals surface area contributed by atoms with E-state index < -0.39 is 49.5 Å². The molecule has 1 aliphatic rings. The first kappa shape index (κ1) is 61.2. The summed E-state index contributed by atoms with van der Waals surface area (Å²) in [6.07, 6.45) is 53.3. The highest BCUT2D eigenvalue weighted by molar-refractivity contribution is 5.76. The van der Waals surface area contributed by atoms with Crippen molar-refractivity contribution >= 4 is 5.91 Å². The summed E-state index contributed by atoms with van der Waals surface area (Å²) in [6, 6.07) is -0.833. The fraction of sp³-hybridized carbons (Fsp3) is 0.839. The van der Waals surface area contributed by atoms with E-state index in [2.05, 4.69) is 55.6 Å². The van der Waals surface area contributed by atoms with Gasteiger partial charge in [-0.05, 0) is 70.6 Å². The third-order valence-corrected chi connectivity index (χ3v) is 12.9. The monoisotopic (exact) mass is 918 g/mol. The summed E-state index contributed by atoms with van der Waals surface area (Å²) in [7, 11) is 0. The average molecular weight is 918 g/mol. The molecule has 6 N–H and O–H groups in total. The van der Waals surface area contributed by atoms with Gasteiger partial charge in [-0.3, -0.25) is 4.79 Å². The smallest absolute Gasteiger partial charge is 0.220 e. The minimum atomic E-state index is -1.58. The number of ether oxygens (including phenoxy) is 2. The Hall–Kier alpha value is -1.85. The first-order valence-electron chi connectivity index (χ1n) is 27.4. The topological polar surface area (TPSA) is 149 Å². The Morgan fingerprint density at radius 2 is 0.877 bits per heavy atom. The van der Waals surface area contributed by atoms with Crippen LogP contribution in [0.4, 0.5) is 0 Å². The number of aliphatic hydroxyl groups excluding tert-OH is 5. The van der Waals surface area contributed by atoms with Crippen LogP contribution in [-0.2, 0) is 14.3 Å². The van der Waals surface area contributed by atoms with Crippen LogP contribution in [0.2, 0.25) is 0 Å². The van der Waals surface area contributed by atoms with Gasteiger partial charge in [-0.2, -0.15) is 0 Å². The number of hydrogen-bond acceptors (Lipinski definition) is 8. The Bertz CT molecular complexity index is 1160. The van der Waals surface area contributed by atoms with Crippen molar-refractivity contribution in [2.75, 3.05) is 13.2 Å². The second-order valence-corrected chi connectivity index (χ2v) is 19.0. The lowest BCUT2D eigenvalue weighted by Crippen LogP contribution is -2.60. The van der Waals surface area contributed by atoms with Gasteiger partial charge in [0.25, 0.3) is 0 Å². The zero-order valence-corrected chi connectivity index (χ0v) is 42.0. The number of carbonyl (C=O) groups excluding carboxylic acids is 1. The highest BCUT2D eigenvalue weighted by atomic mass is 16.7. The van der Waals surface area contributed by atoms with Crippen LogP contribution in [0.3, 0.4) is 0 Å². The summed E-state index contributed by atoms with van der Waals surface area (Å²) in [5.74, 6) is -0.200. The molecule has 0 spiro atoms. The number of allylic oxidation sites excluding steroid dienone is 7. The van der Waals surface area contributed by atoms with Gasteiger partial charge in [-0.25, -0.2) is 0 Å². The van der Waals surface area contributed by atoms with E-state index in [0.717, 1.165) is 64.2 Å². The SMILES string of the molecule is CCCCCCC/C=C\CCCCCCCC(=O)NC(COC1OC(CO)C(O)C(O)C1O)C(O)/C=C/CC/C=C/CC/C=C/CCCCCCCCCCCCCCCCCCCC. The molecule has 0 aromatic carbocycles. The van der Waals surface area contributed by atoms with Gasteiger partial charge >= 0.3 is 0 Å². The van der Waals surface area contributed by atoms with Crippen LogP contribution in [-0.4, -0.2) is 87.5 Å². The van der Waals surface area contributed by atoms with Crippen molar-refractivity contribution in [1.82, 2.24) is 5.32 Å². The number of aliphatic hydroxyl groups is 5. The molecule has 7 unspecified atom stereocenters. The Morgan fingerprint density at radius 1 is 0.508 bits per heavy atom. The van der Waals surface area contributed by atoms with Crippen LogP contribution in [0.5, 0.6) is 0 Å². The van der Waals surface area contributed by atoms with E-state index in [9.17, 15) is 30.3 Å². The van der Waals surface area contributed by atoms with Crippen molar-refractivity contribution in [2.24, 2.45) is 0 Å². The molecule has 1 fully saturated rings. The van der Waals surface area contributed by atoms with Crippen LogP contribution in [0.25, 0.3) is 0 Å². The van der Waals surface area contributed by atoms with E-state index in [1.807, 2.05) is 6.08 Å². The van der Waals surface area contributed by atoms with Crippen LogP contribution >= 0.6 is 0 Å². The summed E-state index contributed by atoms with van der Waals surface area (Å²) in [5, 5.41) is 54.3. The number of carbonyl (C=O) groups is 1. The maximum absolute atomic E-state index is 13.0. The molecule has 0 bridgehead atoms. The molecule has 9 nitrogen and oxygen atoms in total. The first-order valence-corrected chi connectivity index (χ1v) is 27.4. The van der Waals surface area contributed by atoms with Gasteiger partial charge in [0, 0.05) is 6.42 Å². The Kier molecular flexibility index (Phi) is 43.2. The van der Waals surface area contributed by atoms with Crippen molar-refractivity contribution in [3.8, 4) is 0 Å². The van der Waals surface area contributed by atoms with Crippen molar-refractivity contribution in [3.63, 3.8) is 0 Å². The molecule has 380 valence electrons. The van der Waals surface area contributed by atoms with Crippen LogP contribution in [0.1, 0.15) is 245 Å². The normalized spacial score (nSPS) is 20.3. The third kappa shape index (κ3) is 35.9. The summed E-state index contributed by atoms with van der Waals surface area (Å²) in [5.41, 5.74) is 0. The number of nitrogens with one attached hydrogen (secondary N) is 1. The Balaban J connectivity index is 2.26. The van der Waals surface area contributed by atoms with Gasteiger partial charge in [0.1, 0.15) is 24.4 Å². The van der Waals surface area contributed by atoms with Crippen molar-refractivity contribution in [1.29, 1.82) is 0 Å². The third-order valence-electron chi connectivity index (χ3n) is 12.9. The van der Waals surface area contributed by atoms with Gasteiger partial charge in [0.15, 0.2) is 6.29 Å². The largest absolute Gasteiger partial charge is 0.394 e. The molecule has 1 heterocycles. The highest BCUT2D eigenvalue weighted by Crippen LogP contribution is 2.23. The van der Waals surface area contributed by atoms with Gasteiger partial charge in [0.2, 0.25) is 5.91 Å². The molecule has 0 saturated carbocycles. The maximum atomic E-state index is 13.0. The Morgan fingerprint density at radius 3 is 1.29 bits per heavy atom. The lowest BCUT2D eigenvalue weighted by Gasteiger charge is -2.40. The molecule has 9 heteroatoms. The molecular formula is C56H103NO8. The molecular weight excluding hydrogens is 815 g/mol. The standard InChI is InChI=1S/C56H103NO8/c1-3-5-7-9-11-13-15-17-19-20-21-22-23-24-25-26-27-28-29-30-31-32-33-35-37-39-41-43-45-50(59)49(48-64-56-55(63)54(62)53(61)51(47-58)65-56)57-52(60)46-44-42-40-38-36-34-18-16-14-12-10-8-6-4-2/h16,18,30-31,35,37,43,45,49-51,53-56,58-59,61-63H,3-15,17,19-29,32-34,36,38-42,44,46-48H2,1-2H3,(H,57,60)/b18-16-,31-30+,37-35+,45-43+. The summed E-state index contributed by atoms with van der Waals surface area (Å²) in [6.45, 7) is 3.75. The molecule has 1 aliphatic heterocycles. The molecule has 1 rings (SSSR count). The zero-order valence-electron chi connectivity index (χ0n) is 42.0. The molecule has 0 aromatic rings. The van der Waals surface area contributed by atoms with E-state index >= 15 is 0 Å². The summed E-state index contributed by atoms with van der Waals surface area (Å²) in [4.78, 5) is 13.0. The van der Waals surface area contributed by atoms with Crippen LogP contribution in [0.15, 0.2) is 48.6 Å². The quantitative estimate of drug-likeness (QED) is 0.0261. The van der Waals surface area contributed by atoms with Crippen molar-refractivity contribution in [3.05, 3.63) is 48.6 Å². The molecule has 7 atom stereocenters. The van der Waals surface area contributed by atoms with E-state index in [0.29, 0.717) is 6.42 Å². The fourth-order valence-corrected chi connectivity index (χ4v) is 8.48. The second-order valence-electron chi connectivity index (χ2n) is 19.0. The van der Waals surface area contributed by atoms with Crippen molar-refractivity contribution in [2.45, 2.75) is 288 Å². The highest BCUT2D eigenvalue weighted by Gasteiger charge is 2.44. The van der Waals surface area contributed by atoms with Crippen LogP contribution < -0.4 is 5.32 Å². The average Bonchev–Trinajstić information content (AvgIpc) is 3.31. The molecule has 0 aliphatic carbocycles. The summed E-state index contributed by atoms with van der Waals surface area (Å²) >= 11 is 0. The first-order chi connectivity index (χ1) is 31.8. The summed E-state index contributed by atoms with van der Waals surface area (Å²) < 4.78 is 11.2. The lowest BCUT2D eigenvalue weighted by atomic mass is 9.99. The lowest BCUT2D eigenvalue weighted by molar-refractivity contribution is -0.302. The van der Waals surface area contributed by atoms with Gasteiger partial charge in [-0.1, -0.05) is 217 Å². The zero-order chi connectivity index (χ0) is 47.3. The predicted molar refractivity (Wildman–Crippen MR) is 272 cm³/mol. The molecule has 0 radical (unpaired) electrons. The number of amides is 1.